The van der Waals surface area contributed by atoms with E-state index in [1.54, 1.807) is 0 Å². The summed E-state index contributed by atoms with van der Waals surface area (Å²) in [6.45, 7) is 0. The molecule has 0 saturated heterocycles. The molecule has 0 unspecified atom stereocenters. The summed E-state index contributed by atoms with van der Waals surface area (Å²) in [7, 11) is -9.78. The zero-order valence-electron chi connectivity index (χ0n) is 4.92. The molecule has 0 aliphatic rings. The molecule has 84 valence electrons. The van der Waals surface area contributed by atoms with Gasteiger partial charge in [-0.1, -0.05) is 0 Å². The predicted octanol–water partition coefficient (Wildman–Crippen LogP) is -3.13. The van der Waals surface area contributed by atoms with Gasteiger partial charge in [-0.05, 0) is 0 Å². The Kier molecular flexibility index (Phi) is 18.1. The Morgan fingerprint density at radius 2 is 0.833 bits per heavy atom. The van der Waals surface area contributed by atoms with E-state index in [-0.39, 0.29) is 44.8 Å². The van der Waals surface area contributed by atoms with Crippen molar-refractivity contribution in [2.24, 2.45) is 0 Å². The summed E-state index contributed by atoms with van der Waals surface area (Å²) in [4.78, 5) is 45.8. The summed E-state index contributed by atoms with van der Waals surface area (Å²) in [5, 5.41) is 0. The van der Waals surface area contributed by atoms with Crippen molar-refractivity contribution in [3.05, 3.63) is 0 Å². The minimum Gasteiger partial charge on any atom is -0.790 e. The molecule has 0 fully saturated rings. The number of rotatable bonds is 0. The van der Waals surface area contributed by atoms with Crippen LogP contribution in [0.4, 0.5) is 0 Å². The quantitative estimate of drug-likeness (QED) is 0.241. The molecule has 0 radical (unpaired) electrons. The largest absolute Gasteiger partial charge is 1.00 e. The van der Waals surface area contributed by atoms with Crippen LogP contribution in [0.5, 0.6) is 0 Å². The van der Waals surface area contributed by atoms with Crippen LogP contribution in [0.3, 0.4) is 0 Å². The van der Waals surface area contributed by atoms with Gasteiger partial charge in [0, 0.05) is 0 Å². The molecule has 0 atom stereocenters. The van der Waals surface area contributed by atoms with Gasteiger partial charge < -0.3 is 33.9 Å². The molecule has 0 rings (SSSR count). The second kappa shape index (κ2) is 9.26. The molecule has 4 N–H and O–H groups in total. The van der Waals surface area contributed by atoms with Crippen molar-refractivity contribution in [1.82, 2.24) is 0 Å². The summed E-state index contributed by atoms with van der Waals surface area (Å²) in [6.07, 6.45) is 0. The Bertz CT molecular complexity index is 127. The van der Waals surface area contributed by atoms with Crippen molar-refractivity contribution in [2.75, 3.05) is 0 Å². The van der Waals surface area contributed by atoms with E-state index in [2.05, 4.69) is 0 Å². The zero-order chi connectivity index (χ0) is 9.00. The third-order valence-corrected chi connectivity index (χ3v) is 0. The molecular weight excluding hydrogens is 406 g/mol. The van der Waals surface area contributed by atoms with Crippen LogP contribution in [-0.2, 0) is 53.9 Å². The first-order valence-corrected chi connectivity index (χ1v) is 4.59. The molecule has 0 aliphatic heterocycles. The minimum absolute atomic E-state index is 0. The first kappa shape index (κ1) is 23.5. The molecule has 0 aromatic carbocycles. The van der Waals surface area contributed by atoms with Crippen LogP contribution in [0.2, 0.25) is 0 Å². The molecular formula is H4Ag2O8P2. The van der Waals surface area contributed by atoms with Gasteiger partial charge in [-0.2, -0.15) is 0 Å². The average molecular weight is 410 g/mol. The first-order chi connectivity index (χ1) is 4.00. The van der Waals surface area contributed by atoms with Gasteiger partial charge in [0.25, 0.3) is 0 Å². The van der Waals surface area contributed by atoms with Crippen LogP contribution >= 0.6 is 15.6 Å². The van der Waals surface area contributed by atoms with Gasteiger partial charge in [-0.15, -0.1) is 0 Å². The van der Waals surface area contributed by atoms with Crippen LogP contribution in [0.15, 0.2) is 0 Å². The van der Waals surface area contributed by atoms with E-state index < -0.39 is 15.6 Å². The molecule has 12 heavy (non-hydrogen) atoms. The van der Waals surface area contributed by atoms with Gasteiger partial charge in [0.05, 0.1) is 7.82 Å². The van der Waals surface area contributed by atoms with E-state index in [1.165, 1.54) is 0 Å². The van der Waals surface area contributed by atoms with Crippen molar-refractivity contribution < 1.29 is 83.3 Å². The Hall–Kier alpha value is 1.70. The molecule has 0 aromatic rings. The normalized spacial score (nSPS) is 9.83. The summed E-state index contributed by atoms with van der Waals surface area (Å²) in [5.41, 5.74) is 0. The van der Waals surface area contributed by atoms with Crippen LogP contribution in [0.1, 0.15) is 0 Å². The second-order valence-corrected chi connectivity index (χ2v) is 2.95. The van der Waals surface area contributed by atoms with Crippen LogP contribution < -0.4 is 9.79 Å². The summed E-state index contributed by atoms with van der Waals surface area (Å²) in [5.74, 6) is 0. The third-order valence-electron chi connectivity index (χ3n) is 0. The van der Waals surface area contributed by atoms with Crippen LogP contribution in [0.25, 0.3) is 0 Å². The van der Waals surface area contributed by atoms with Crippen LogP contribution in [-0.4, -0.2) is 19.6 Å². The monoisotopic (exact) mass is 408 g/mol. The van der Waals surface area contributed by atoms with Crippen molar-refractivity contribution >= 4 is 15.6 Å². The Labute approximate surface area is 98.5 Å². The topological polar surface area (TPSA) is 161 Å². The van der Waals surface area contributed by atoms with E-state index in [4.69, 9.17) is 38.5 Å². The maximum atomic E-state index is 8.88. The molecule has 0 heterocycles. The van der Waals surface area contributed by atoms with Gasteiger partial charge in [-0.25, -0.2) is 4.57 Å². The molecule has 0 aliphatic carbocycles. The Morgan fingerprint density at radius 1 is 0.833 bits per heavy atom. The van der Waals surface area contributed by atoms with Crippen molar-refractivity contribution in [2.45, 2.75) is 0 Å². The molecule has 12 heteroatoms. The smallest absolute Gasteiger partial charge is 0.790 e. The number of hydrogen-bond acceptors (Lipinski definition) is 4. The second-order valence-electron chi connectivity index (χ2n) is 0.982. The molecule has 0 spiro atoms. The minimum atomic E-state index is -5.14. The SMILES string of the molecule is O=P(O)(O)O.O=P([O-])([O-])O.[Ag+].[Ag+]. The van der Waals surface area contributed by atoms with Crippen molar-refractivity contribution in [1.29, 1.82) is 0 Å². The maximum Gasteiger partial charge on any atom is 1.00 e. The van der Waals surface area contributed by atoms with Gasteiger partial charge in [0.2, 0.25) is 0 Å². The van der Waals surface area contributed by atoms with Gasteiger partial charge >= 0.3 is 52.6 Å². The maximum absolute atomic E-state index is 8.88. The van der Waals surface area contributed by atoms with E-state index in [0.717, 1.165) is 0 Å². The number of hydrogen-bond donors (Lipinski definition) is 4. The zero-order valence-corrected chi connectivity index (χ0v) is 9.67. The van der Waals surface area contributed by atoms with E-state index in [9.17, 15) is 0 Å². The average Bonchev–Trinajstić information content (AvgIpc) is 1.12. The van der Waals surface area contributed by atoms with Crippen molar-refractivity contribution in [3.8, 4) is 0 Å². The molecule has 0 aromatic heterocycles. The number of phosphoric acid groups is 2. The Morgan fingerprint density at radius 3 is 0.833 bits per heavy atom. The third kappa shape index (κ3) is 463. The Balaban J connectivity index is -0.0000000457. The molecule has 0 bridgehead atoms. The van der Waals surface area contributed by atoms with Gasteiger partial charge in [0.15, 0.2) is 0 Å². The van der Waals surface area contributed by atoms with Gasteiger partial charge in [0.1, 0.15) is 0 Å². The summed E-state index contributed by atoms with van der Waals surface area (Å²) >= 11 is 0. The van der Waals surface area contributed by atoms with E-state index in [1.807, 2.05) is 0 Å². The van der Waals surface area contributed by atoms with Crippen molar-refractivity contribution in [3.63, 3.8) is 0 Å². The fourth-order valence-electron chi connectivity index (χ4n) is 0. The molecule has 0 saturated carbocycles. The summed E-state index contributed by atoms with van der Waals surface area (Å²) < 4.78 is 17.5. The van der Waals surface area contributed by atoms with Crippen LogP contribution in [0, 0.1) is 0 Å². The molecule has 8 nitrogen and oxygen atoms in total. The fraction of sp³-hybridized carbons (Fsp3) is 0. The standard InChI is InChI=1S/2Ag.2H3O4P/c;;2*1-5(2,3)4/h;;2*(H3,1,2,3,4)/q2*+1;;/p-2. The summed E-state index contributed by atoms with van der Waals surface area (Å²) in [6, 6.07) is 0. The predicted molar refractivity (Wildman–Crippen MR) is 24.1 cm³/mol. The van der Waals surface area contributed by atoms with E-state index >= 15 is 0 Å². The first-order valence-electron chi connectivity index (χ1n) is 1.53. The molecule has 0 amide bonds. The van der Waals surface area contributed by atoms with Gasteiger partial charge in [-0.3, -0.25) is 0 Å². The fourth-order valence-corrected chi connectivity index (χ4v) is 0. The van der Waals surface area contributed by atoms with E-state index in [0.29, 0.717) is 0 Å².